The van der Waals surface area contributed by atoms with Gasteiger partial charge < -0.3 is 15.6 Å². The largest absolute Gasteiger partial charge is 0.505 e. The topological polar surface area (TPSA) is 96.3 Å². The fraction of sp³-hybridized carbons (Fsp3) is 0.200. The molecule has 0 aliphatic heterocycles. The van der Waals surface area contributed by atoms with Crippen LogP contribution < -0.4 is 5.73 Å². The van der Waals surface area contributed by atoms with Crippen molar-refractivity contribution in [1.82, 2.24) is 0 Å². The van der Waals surface area contributed by atoms with Gasteiger partial charge in [0.25, 0.3) is 0 Å². The van der Waals surface area contributed by atoms with Gasteiger partial charge in [-0.05, 0) is 12.1 Å². The highest BCUT2D eigenvalue weighted by Gasteiger charge is 2.22. The van der Waals surface area contributed by atoms with Crippen molar-refractivity contribution in [3.8, 4) is 11.8 Å². The van der Waals surface area contributed by atoms with Crippen molar-refractivity contribution in [3.63, 3.8) is 0 Å². The fourth-order valence-corrected chi connectivity index (χ4v) is 1.18. The molecule has 17 heavy (non-hydrogen) atoms. The van der Waals surface area contributed by atoms with E-state index < -0.39 is 23.6 Å². The van der Waals surface area contributed by atoms with Crippen molar-refractivity contribution in [2.45, 2.75) is 6.04 Å². The number of aromatic hydroxyl groups is 1. The number of benzene rings is 1. The molecule has 0 saturated heterocycles. The molecule has 0 saturated carbocycles. The molecule has 0 fully saturated rings. The quantitative estimate of drug-likeness (QED) is 0.773. The second-order valence-corrected chi connectivity index (χ2v) is 3.01. The number of esters is 1. The van der Waals surface area contributed by atoms with Crippen molar-refractivity contribution in [1.29, 1.82) is 5.26 Å². The van der Waals surface area contributed by atoms with E-state index in [9.17, 15) is 14.3 Å². The lowest BCUT2D eigenvalue weighted by molar-refractivity contribution is -0.142. The predicted molar refractivity (Wildman–Crippen MR) is 59.0 cm³/mol. The van der Waals surface area contributed by atoms with Crippen LogP contribution in [0.5, 0.6) is 5.75 Å². The minimum absolute atomic E-state index is 0. The molecule has 1 atom stereocenters. The zero-order valence-corrected chi connectivity index (χ0v) is 9.62. The van der Waals surface area contributed by atoms with Gasteiger partial charge >= 0.3 is 5.97 Å². The number of carbonyl (C=O) groups excluding carboxylic acids is 1. The van der Waals surface area contributed by atoms with Crippen LogP contribution in [0.15, 0.2) is 12.1 Å². The first-order chi connectivity index (χ1) is 7.51. The Bertz CT molecular complexity index is 473. The van der Waals surface area contributed by atoms with Crippen LogP contribution >= 0.6 is 12.4 Å². The van der Waals surface area contributed by atoms with Crippen LogP contribution in [-0.4, -0.2) is 18.2 Å². The van der Waals surface area contributed by atoms with Gasteiger partial charge in [-0.2, -0.15) is 5.26 Å². The Labute approximate surface area is 103 Å². The Morgan fingerprint density at radius 3 is 2.71 bits per heavy atom. The van der Waals surface area contributed by atoms with E-state index >= 15 is 0 Å². The van der Waals surface area contributed by atoms with Crippen molar-refractivity contribution >= 4 is 18.4 Å². The molecule has 0 spiro atoms. The molecule has 5 nitrogen and oxygen atoms in total. The lowest BCUT2D eigenvalue weighted by atomic mass is 10.0. The van der Waals surface area contributed by atoms with Crippen molar-refractivity contribution < 1.29 is 19.0 Å². The Kier molecular flexibility index (Phi) is 5.38. The average molecular weight is 261 g/mol. The molecular formula is C10H10ClFN2O3. The summed E-state index contributed by atoms with van der Waals surface area (Å²) in [6.07, 6.45) is 0. The molecule has 0 radical (unpaired) electrons. The van der Waals surface area contributed by atoms with E-state index in [0.717, 1.165) is 19.2 Å². The van der Waals surface area contributed by atoms with E-state index in [4.69, 9.17) is 11.0 Å². The number of phenolic OH excluding ortho intramolecular Hbond substituents is 1. The highest BCUT2D eigenvalue weighted by Crippen LogP contribution is 2.27. The standard InChI is InChI=1S/C10H9FN2O3.ClH/c1-16-10(15)8(13)6-2-5(4-12)3-7(11)9(6)14;/h2-3,8,14H,13H2,1H3;1H/t8-;/m1./s1. The average Bonchev–Trinajstić information content (AvgIpc) is 2.30. The third-order valence-electron chi connectivity index (χ3n) is 2.01. The van der Waals surface area contributed by atoms with Gasteiger partial charge in [0.15, 0.2) is 11.6 Å². The molecule has 0 bridgehead atoms. The van der Waals surface area contributed by atoms with Gasteiger partial charge in [0.05, 0.1) is 18.7 Å². The number of nitrogens with zero attached hydrogens (tertiary/aromatic N) is 1. The fourth-order valence-electron chi connectivity index (χ4n) is 1.18. The zero-order chi connectivity index (χ0) is 12.3. The van der Waals surface area contributed by atoms with Gasteiger partial charge in [-0.15, -0.1) is 12.4 Å². The van der Waals surface area contributed by atoms with E-state index in [0.29, 0.717) is 0 Å². The second-order valence-electron chi connectivity index (χ2n) is 3.01. The first kappa shape index (κ1) is 15.2. The SMILES string of the molecule is COC(=O)[C@H](N)c1cc(C#N)cc(F)c1O.Cl. The number of hydrogen-bond donors (Lipinski definition) is 2. The summed E-state index contributed by atoms with van der Waals surface area (Å²) in [5.74, 6) is -2.59. The maximum atomic E-state index is 13.1. The Morgan fingerprint density at radius 1 is 1.65 bits per heavy atom. The first-order valence-corrected chi connectivity index (χ1v) is 4.27. The second kappa shape index (κ2) is 6.03. The van der Waals surface area contributed by atoms with Crippen LogP contribution in [0.1, 0.15) is 17.2 Å². The summed E-state index contributed by atoms with van der Waals surface area (Å²) in [5.41, 5.74) is 5.22. The molecule has 1 aromatic rings. The van der Waals surface area contributed by atoms with Crippen LogP contribution in [0.3, 0.4) is 0 Å². The third-order valence-corrected chi connectivity index (χ3v) is 2.01. The monoisotopic (exact) mass is 260 g/mol. The summed E-state index contributed by atoms with van der Waals surface area (Å²) in [6, 6.07) is 2.35. The number of phenols is 1. The molecule has 0 heterocycles. The van der Waals surface area contributed by atoms with Gasteiger partial charge in [0.1, 0.15) is 6.04 Å². The highest BCUT2D eigenvalue weighted by molar-refractivity contribution is 5.85. The lowest BCUT2D eigenvalue weighted by Crippen LogP contribution is -2.23. The molecule has 0 aromatic heterocycles. The summed E-state index contributed by atoms with van der Waals surface area (Å²) >= 11 is 0. The van der Waals surface area contributed by atoms with Crippen LogP contribution in [0.2, 0.25) is 0 Å². The Hall–Kier alpha value is -1.84. The van der Waals surface area contributed by atoms with Crippen molar-refractivity contribution in [3.05, 3.63) is 29.1 Å². The highest BCUT2D eigenvalue weighted by atomic mass is 35.5. The number of nitrogens with two attached hydrogens (primary N) is 1. The minimum Gasteiger partial charge on any atom is -0.505 e. The molecule has 92 valence electrons. The predicted octanol–water partition coefficient (Wildman–Crippen LogP) is 0.998. The molecule has 3 N–H and O–H groups in total. The van der Waals surface area contributed by atoms with Gasteiger partial charge in [-0.25, -0.2) is 4.39 Å². The summed E-state index contributed by atoms with van der Waals surface area (Å²) < 4.78 is 17.5. The molecule has 0 amide bonds. The number of methoxy groups -OCH3 is 1. The number of nitriles is 1. The zero-order valence-electron chi connectivity index (χ0n) is 8.81. The number of hydrogen-bond acceptors (Lipinski definition) is 5. The molecule has 1 aromatic carbocycles. The molecule has 7 heteroatoms. The van der Waals surface area contributed by atoms with E-state index in [-0.39, 0.29) is 23.5 Å². The molecule has 0 aliphatic rings. The normalized spacial score (nSPS) is 10.9. The summed E-state index contributed by atoms with van der Waals surface area (Å²) in [5, 5.41) is 18.0. The third kappa shape index (κ3) is 3.06. The lowest BCUT2D eigenvalue weighted by Gasteiger charge is -2.12. The molecule has 1 rings (SSSR count). The van der Waals surface area contributed by atoms with Crippen LogP contribution in [0, 0.1) is 17.1 Å². The number of carbonyl (C=O) groups is 1. The van der Waals surface area contributed by atoms with E-state index in [2.05, 4.69) is 4.74 Å². The summed E-state index contributed by atoms with van der Waals surface area (Å²) in [4.78, 5) is 11.1. The Balaban J connectivity index is 0.00000256. The van der Waals surface area contributed by atoms with Crippen molar-refractivity contribution in [2.75, 3.05) is 7.11 Å². The van der Waals surface area contributed by atoms with Gasteiger partial charge in [0.2, 0.25) is 0 Å². The van der Waals surface area contributed by atoms with Gasteiger partial charge in [-0.1, -0.05) is 0 Å². The van der Waals surface area contributed by atoms with Crippen molar-refractivity contribution in [2.24, 2.45) is 5.73 Å². The first-order valence-electron chi connectivity index (χ1n) is 4.27. The Morgan fingerprint density at radius 2 is 2.24 bits per heavy atom. The maximum absolute atomic E-state index is 13.1. The number of ether oxygens (including phenoxy) is 1. The van der Waals surface area contributed by atoms with E-state index in [1.807, 2.05) is 0 Å². The molecule has 0 unspecified atom stereocenters. The summed E-state index contributed by atoms with van der Waals surface area (Å²) in [6.45, 7) is 0. The van der Waals surface area contributed by atoms with Crippen LogP contribution in [0.4, 0.5) is 4.39 Å². The van der Waals surface area contributed by atoms with Crippen LogP contribution in [0.25, 0.3) is 0 Å². The number of rotatable bonds is 2. The molecular weight excluding hydrogens is 251 g/mol. The minimum atomic E-state index is -1.33. The van der Waals surface area contributed by atoms with E-state index in [1.165, 1.54) is 0 Å². The summed E-state index contributed by atoms with van der Waals surface area (Å²) in [7, 11) is 1.11. The number of halogens is 2. The van der Waals surface area contributed by atoms with Gasteiger partial charge in [0, 0.05) is 5.56 Å². The smallest absolute Gasteiger partial charge is 0.327 e. The van der Waals surface area contributed by atoms with Crippen LogP contribution in [-0.2, 0) is 9.53 Å². The molecule has 0 aliphatic carbocycles. The van der Waals surface area contributed by atoms with Gasteiger partial charge in [-0.3, -0.25) is 4.79 Å². The maximum Gasteiger partial charge on any atom is 0.327 e. The van der Waals surface area contributed by atoms with E-state index in [1.54, 1.807) is 6.07 Å².